The third kappa shape index (κ3) is 3.98. The Hall–Kier alpha value is -2.25. The Morgan fingerprint density at radius 1 is 1.29 bits per heavy atom. The van der Waals surface area contributed by atoms with Crippen LogP contribution >= 0.6 is 0 Å². The van der Waals surface area contributed by atoms with E-state index in [9.17, 15) is 9.50 Å². The lowest BCUT2D eigenvalue weighted by molar-refractivity contribution is 0.0630. The molecule has 2 aromatic rings. The molecule has 0 saturated heterocycles. The van der Waals surface area contributed by atoms with Crippen molar-refractivity contribution in [3.8, 4) is 11.6 Å². The SMILES string of the molecule is COc1ncnc2c1CN(C[C@H](O)COc1ccc(F)cc1)CC2. The molecular weight excluding hydrogens is 313 g/mol. The number of hydrogen-bond donors (Lipinski definition) is 1. The number of methoxy groups -OCH3 is 1. The van der Waals surface area contributed by atoms with Crippen molar-refractivity contribution < 1.29 is 19.0 Å². The van der Waals surface area contributed by atoms with Crippen molar-refractivity contribution in [2.75, 3.05) is 26.8 Å². The highest BCUT2D eigenvalue weighted by Gasteiger charge is 2.23. The van der Waals surface area contributed by atoms with Crippen LogP contribution in [0.25, 0.3) is 0 Å². The van der Waals surface area contributed by atoms with Crippen LogP contribution in [-0.2, 0) is 13.0 Å². The van der Waals surface area contributed by atoms with Crippen LogP contribution in [0.5, 0.6) is 11.6 Å². The molecule has 1 aromatic carbocycles. The maximum Gasteiger partial charge on any atom is 0.220 e. The van der Waals surface area contributed by atoms with E-state index in [1.807, 2.05) is 0 Å². The molecule has 0 amide bonds. The number of ether oxygens (including phenoxy) is 2. The molecule has 24 heavy (non-hydrogen) atoms. The normalized spacial score (nSPS) is 15.6. The van der Waals surface area contributed by atoms with Crippen molar-refractivity contribution >= 4 is 0 Å². The lowest BCUT2D eigenvalue weighted by atomic mass is 10.1. The summed E-state index contributed by atoms with van der Waals surface area (Å²) in [6.45, 7) is 2.06. The molecule has 1 aliphatic rings. The number of hydrogen-bond acceptors (Lipinski definition) is 6. The minimum absolute atomic E-state index is 0.150. The predicted molar refractivity (Wildman–Crippen MR) is 85.5 cm³/mol. The van der Waals surface area contributed by atoms with E-state index in [1.165, 1.54) is 18.5 Å². The Labute approximate surface area is 139 Å². The second kappa shape index (κ2) is 7.55. The third-order valence-electron chi connectivity index (χ3n) is 3.96. The summed E-state index contributed by atoms with van der Waals surface area (Å²) < 4.78 is 23.6. The first kappa shape index (κ1) is 16.6. The molecule has 0 radical (unpaired) electrons. The molecule has 1 aliphatic heterocycles. The number of aromatic nitrogens is 2. The Balaban J connectivity index is 1.53. The molecule has 0 bridgehead atoms. The van der Waals surface area contributed by atoms with Crippen molar-refractivity contribution in [2.45, 2.75) is 19.1 Å². The van der Waals surface area contributed by atoms with Crippen LogP contribution in [0.1, 0.15) is 11.3 Å². The fourth-order valence-electron chi connectivity index (χ4n) is 2.78. The second-order valence-corrected chi connectivity index (χ2v) is 5.71. The maximum absolute atomic E-state index is 12.8. The average molecular weight is 333 g/mol. The molecule has 0 spiro atoms. The highest BCUT2D eigenvalue weighted by molar-refractivity contribution is 5.31. The quantitative estimate of drug-likeness (QED) is 0.862. The van der Waals surface area contributed by atoms with Gasteiger partial charge in [0.2, 0.25) is 5.88 Å². The number of nitrogens with zero attached hydrogens (tertiary/aromatic N) is 3. The number of fused-ring (bicyclic) bond motifs is 1. The van der Waals surface area contributed by atoms with E-state index < -0.39 is 6.10 Å². The van der Waals surface area contributed by atoms with Crippen LogP contribution in [0.15, 0.2) is 30.6 Å². The van der Waals surface area contributed by atoms with Gasteiger partial charge < -0.3 is 14.6 Å². The maximum atomic E-state index is 12.8. The largest absolute Gasteiger partial charge is 0.491 e. The molecule has 0 fully saturated rings. The van der Waals surface area contributed by atoms with Gasteiger partial charge in [-0.1, -0.05) is 0 Å². The minimum atomic E-state index is -0.646. The summed E-state index contributed by atoms with van der Waals surface area (Å²) in [5, 5.41) is 10.2. The van der Waals surface area contributed by atoms with Gasteiger partial charge in [-0.3, -0.25) is 4.90 Å². The smallest absolute Gasteiger partial charge is 0.220 e. The van der Waals surface area contributed by atoms with E-state index >= 15 is 0 Å². The van der Waals surface area contributed by atoms with Crippen molar-refractivity contribution in [2.24, 2.45) is 0 Å². The molecule has 1 N–H and O–H groups in total. The number of aliphatic hydroxyl groups is 1. The first-order valence-electron chi connectivity index (χ1n) is 7.81. The van der Waals surface area contributed by atoms with Crippen LogP contribution in [0.2, 0.25) is 0 Å². The zero-order valence-electron chi connectivity index (χ0n) is 13.5. The predicted octanol–water partition coefficient (Wildman–Crippen LogP) is 1.42. The van der Waals surface area contributed by atoms with E-state index in [4.69, 9.17) is 9.47 Å². The summed E-state index contributed by atoms with van der Waals surface area (Å²) in [5.74, 6) is 0.808. The monoisotopic (exact) mass is 333 g/mol. The molecule has 1 atom stereocenters. The summed E-state index contributed by atoms with van der Waals surface area (Å²) in [6.07, 6.45) is 1.66. The third-order valence-corrected chi connectivity index (χ3v) is 3.96. The summed E-state index contributed by atoms with van der Waals surface area (Å²) in [4.78, 5) is 10.5. The van der Waals surface area contributed by atoms with Crippen LogP contribution in [-0.4, -0.2) is 52.9 Å². The van der Waals surface area contributed by atoms with E-state index in [-0.39, 0.29) is 12.4 Å². The van der Waals surface area contributed by atoms with E-state index in [0.717, 1.165) is 24.2 Å². The van der Waals surface area contributed by atoms with Gasteiger partial charge in [0.1, 0.15) is 30.6 Å². The van der Waals surface area contributed by atoms with E-state index in [0.29, 0.717) is 24.7 Å². The van der Waals surface area contributed by atoms with Crippen LogP contribution < -0.4 is 9.47 Å². The molecule has 128 valence electrons. The van der Waals surface area contributed by atoms with Gasteiger partial charge in [-0.2, -0.15) is 0 Å². The first-order chi connectivity index (χ1) is 11.7. The van der Waals surface area contributed by atoms with Gasteiger partial charge in [0, 0.05) is 31.6 Å². The highest BCUT2D eigenvalue weighted by Crippen LogP contribution is 2.24. The molecular formula is C17H20FN3O3. The van der Waals surface area contributed by atoms with Crippen molar-refractivity contribution in [1.29, 1.82) is 0 Å². The number of halogens is 1. The summed E-state index contributed by atoms with van der Waals surface area (Å²) in [6, 6.07) is 5.74. The van der Waals surface area contributed by atoms with Crippen molar-refractivity contribution in [1.82, 2.24) is 14.9 Å². The van der Waals surface area contributed by atoms with Crippen LogP contribution in [0.4, 0.5) is 4.39 Å². The van der Waals surface area contributed by atoms with Gasteiger partial charge >= 0.3 is 0 Å². The first-order valence-corrected chi connectivity index (χ1v) is 7.81. The van der Waals surface area contributed by atoms with Gasteiger partial charge in [0.05, 0.1) is 12.8 Å². The fraction of sp³-hybridized carbons (Fsp3) is 0.412. The van der Waals surface area contributed by atoms with Gasteiger partial charge in [0.25, 0.3) is 0 Å². The number of aliphatic hydroxyl groups excluding tert-OH is 1. The summed E-state index contributed by atoms with van der Waals surface area (Å²) in [7, 11) is 1.59. The molecule has 7 heteroatoms. The van der Waals surface area contributed by atoms with E-state index in [1.54, 1.807) is 19.2 Å². The second-order valence-electron chi connectivity index (χ2n) is 5.71. The fourth-order valence-corrected chi connectivity index (χ4v) is 2.78. The summed E-state index contributed by atoms with van der Waals surface area (Å²) >= 11 is 0. The molecule has 6 nitrogen and oxygen atoms in total. The Kier molecular flexibility index (Phi) is 5.22. The number of rotatable bonds is 6. The summed E-state index contributed by atoms with van der Waals surface area (Å²) in [5.41, 5.74) is 1.97. The van der Waals surface area contributed by atoms with Gasteiger partial charge in [-0.05, 0) is 24.3 Å². The molecule has 1 aromatic heterocycles. The Morgan fingerprint density at radius 2 is 2.08 bits per heavy atom. The molecule has 0 saturated carbocycles. The highest BCUT2D eigenvalue weighted by atomic mass is 19.1. The molecule has 3 rings (SSSR count). The van der Waals surface area contributed by atoms with E-state index in [2.05, 4.69) is 14.9 Å². The topological polar surface area (TPSA) is 67.7 Å². The van der Waals surface area contributed by atoms with Crippen molar-refractivity contribution in [3.63, 3.8) is 0 Å². The minimum Gasteiger partial charge on any atom is -0.491 e. The molecule has 2 heterocycles. The Bertz CT molecular complexity index is 667. The number of β-amino-alcohol motifs (C(OH)–C–C–N with tert-alkyl or cyclic N) is 1. The van der Waals surface area contributed by atoms with Gasteiger partial charge in [0.15, 0.2) is 0 Å². The zero-order valence-corrected chi connectivity index (χ0v) is 13.5. The lowest BCUT2D eigenvalue weighted by Crippen LogP contribution is -2.39. The standard InChI is InChI=1S/C17H20FN3O3/c1-23-17-15-9-21(7-6-16(15)19-11-20-17)8-13(22)10-24-14-4-2-12(18)3-5-14/h2-5,11,13,22H,6-10H2,1H3/t13-/m0/s1. The van der Waals surface area contributed by atoms with Gasteiger partial charge in [-0.25, -0.2) is 14.4 Å². The van der Waals surface area contributed by atoms with Crippen LogP contribution in [0.3, 0.4) is 0 Å². The Morgan fingerprint density at radius 3 is 2.83 bits per heavy atom. The molecule has 0 unspecified atom stereocenters. The van der Waals surface area contributed by atoms with Gasteiger partial charge in [-0.15, -0.1) is 0 Å². The average Bonchev–Trinajstić information content (AvgIpc) is 2.60. The van der Waals surface area contributed by atoms with Crippen LogP contribution in [0, 0.1) is 5.82 Å². The molecule has 0 aliphatic carbocycles. The lowest BCUT2D eigenvalue weighted by Gasteiger charge is -2.30. The zero-order chi connectivity index (χ0) is 16.9. The number of benzene rings is 1. The van der Waals surface area contributed by atoms with Crippen molar-refractivity contribution in [3.05, 3.63) is 47.7 Å².